The number of aliphatic imine (C=N–C) groups is 1. The Hall–Kier alpha value is -1.67. The average Bonchev–Trinajstić information content (AvgIpc) is 3.15. The third kappa shape index (κ3) is 6.17. The molecule has 0 saturated carbocycles. The molecule has 0 spiro atoms. The number of nitrogens with one attached hydrogen (secondary N) is 2. The molecule has 1 aliphatic heterocycles. The predicted octanol–water partition coefficient (Wildman–Crippen LogP) is 2.89. The van der Waals surface area contributed by atoms with E-state index < -0.39 is 0 Å². The Bertz CT molecular complexity index is 758. The van der Waals surface area contributed by atoms with Crippen molar-refractivity contribution in [3.63, 3.8) is 0 Å². The number of rotatable bonds is 7. The van der Waals surface area contributed by atoms with Crippen LogP contribution in [0.2, 0.25) is 5.15 Å². The van der Waals surface area contributed by atoms with Gasteiger partial charge >= 0.3 is 0 Å². The van der Waals surface area contributed by atoms with Crippen molar-refractivity contribution in [3.05, 3.63) is 50.9 Å². The van der Waals surface area contributed by atoms with Crippen LogP contribution in [0.4, 0.5) is 0 Å². The Labute approximate surface area is 176 Å². The number of thiophene rings is 1. The van der Waals surface area contributed by atoms with Crippen LogP contribution in [0.15, 0.2) is 35.5 Å². The molecule has 1 unspecified atom stereocenters. The van der Waals surface area contributed by atoms with Gasteiger partial charge < -0.3 is 15.4 Å². The maximum Gasteiger partial charge on any atom is 0.191 e. The van der Waals surface area contributed by atoms with Crippen LogP contribution < -0.4 is 10.6 Å². The standard InChI is InChI=1S/C20H28ClN5OS/c1-15-3-5-18(28-15)17(26-9-11-27-12-10-26)14-25-20(22-2)23-8-7-16-4-6-19(21)24-13-16/h3-6,13,17H,7-12,14H2,1-2H3,(H2,22,23,25). The number of aryl methyl sites for hydroxylation is 1. The molecule has 1 saturated heterocycles. The molecule has 0 amide bonds. The average molecular weight is 422 g/mol. The van der Waals surface area contributed by atoms with Crippen molar-refractivity contribution < 1.29 is 4.74 Å². The molecule has 3 heterocycles. The summed E-state index contributed by atoms with van der Waals surface area (Å²) in [5.74, 6) is 0.813. The summed E-state index contributed by atoms with van der Waals surface area (Å²) in [5.41, 5.74) is 1.15. The molecule has 1 fully saturated rings. The van der Waals surface area contributed by atoms with Crippen LogP contribution in [0.25, 0.3) is 0 Å². The molecule has 0 aliphatic carbocycles. The first-order valence-electron chi connectivity index (χ1n) is 9.59. The first-order chi connectivity index (χ1) is 13.7. The van der Waals surface area contributed by atoms with Gasteiger partial charge in [-0.15, -0.1) is 11.3 Å². The molecule has 2 aromatic rings. The van der Waals surface area contributed by atoms with E-state index in [0.717, 1.165) is 57.3 Å². The Morgan fingerprint density at radius 2 is 2.11 bits per heavy atom. The molecule has 3 rings (SSSR count). The third-order valence-electron chi connectivity index (χ3n) is 4.76. The van der Waals surface area contributed by atoms with E-state index in [1.54, 1.807) is 7.05 Å². The van der Waals surface area contributed by atoms with Gasteiger partial charge in [0.25, 0.3) is 0 Å². The quantitative estimate of drug-likeness (QED) is 0.409. The summed E-state index contributed by atoms with van der Waals surface area (Å²) < 4.78 is 5.53. The largest absolute Gasteiger partial charge is 0.379 e. The van der Waals surface area contributed by atoms with Gasteiger partial charge in [0.15, 0.2) is 5.96 Å². The number of hydrogen-bond donors (Lipinski definition) is 2. The second-order valence-corrected chi connectivity index (χ2v) is 8.44. The Kier molecular flexibility index (Phi) is 8.09. The Morgan fingerprint density at radius 1 is 1.29 bits per heavy atom. The zero-order valence-electron chi connectivity index (χ0n) is 16.4. The van der Waals surface area contributed by atoms with E-state index in [9.17, 15) is 0 Å². The van der Waals surface area contributed by atoms with Crippen molar-refractivity contribution in [3.8, 4) is 0 Å². The van der Waals surface area contributed by atoms with Gasteiger partial charge in [0, 0.05) is 49.2 Å². The van der Waals surface area contributed by atoms with Crippen molar-refractivity contribution in [2.75, 3.05) is 46.4 Å². The third-order valence-corrected chi connectivity index (χ3v) is 6.08. The summed E-state index contributed by atoms with van der Waals surface area (Å²) in [6, 6.07) is 8.58. The van der Waals surface area contributed by atoms with E-state index in [0.29, 0.717) is 11.2 Å². The summed E-state index contributed by atoms with van der Waals surface area (Å²) in [7, 11) is 1.80. The highest BCUT2D eigenvalue weighted by molar-refractivity contribution is 7.12. The van der Waals surface area contributed by atoms with Crippen LogP contribution in [-0.4, -0.2) is 62.3 Å². The smallest absolute Gasteiger partial charge is 0.191 e. The van der Waals surface area contributed by atoms with Crippen molar-refractivity contribution in [1.82, 2.24) is 20.5 Å². The lowest BCUT2D eigenvalue weighted by Crippen LogP contribution is -2.46. The Balaban J connectivity index is 1.53. The SMILES string of the molecule is CN=C(NCCc1ccc(Cl)nc1)NCC(c1ccc(C)s1)N1CCOCC1. The highest BCUT2D eigenvalue weighted by Crippen LogP contribution is 2.27. The molecular weight excluding hydrogens is 394 g/mol. The lowest BCUT2D eigenvalue weighted by atomic mass is 10.2. The van der Waals surface area contributed by atoms with E-state index in [-0.39, 0.29) is 0 Å². The molecule has 28 heavy (non-hydrogen) atoms. The van der Waals surface area contributed by atoms with Gasteiger partial charge in [0.2, 0.25) is 0 Å². The van der Waals surface area contributed by atoms with Crippen LogP contribution in [0.3, 0.4) is 0 Å². The number of nitrogens with zero attached hydrogens (tertiary/aromatic N) is 3. The summed E-state index contributed by atoms with van der Waals surface area (Å²) in [4.78, 5) is 13.7. The molecule has 0 aromatic carbocycles. The summed E-state index contributed by atoms with van der Waals surface area (Å²) in [5, 5.41) is 7.40. The van der Waals surface area contributed by atoms with Crippen LogP contribution in [0.5, 0.6) is 0 Å². The topological polar surface area (TPSA) is 61.8 Å². The second-order valence-electron chi connectivity index (χ2n) is 6.73. The van der Waals surface area contributed by atoms with Gasteiger partial charge in [-0.3, -0.25) is 9.89 Å². The molecule has 6 nitrogen and oxygen atoms in total. The van der Waals surface area contributed by atoms with Gasteiger partial charge in [0.1, 0.15) is 5.15 Å². The predicted molar refractivity (Wildman–Crippen MR) is 117 cm³/mol. The van der Waals surface area contributed by atoms with E-state index in [2.05, 4.69) is 44.6 Å². The fourth-order valence-corrected chi connectivity index (χ4v) is 4.35. The lowest BCUT2D eigenvalue weighted by Gasteiger charge is -2.34. The molecular formula is C20H28ClN5OS. The number of guanidine groups is 1. The molecule has 152 valence electrons. The van der Waals surface area contributed by atoms with Gasteiger partial charge in [-0.1, -0.05) is 17.7 Å². The minimum absolute atomic E-state index is 0.321. The minimum Gasteiger partial charge on any atom is -0.379 e. The van der Waals surface area contributed by atoms with E-state index in [1.807, 2.05) is 29.7 Å². The van der Waals surface area contributed by atoms with Gasteiger partial charge in [0.05, 0.1) is 19.3 Å². The van der Waals surface area contributed by atoms with Crippen LogP contribution in [-0.2, 0) is 11.2 Å². The lowest BCUT2D eigenvalue weighted by molar-refractivity contribution is 0.0177. The van der Waals surface area contributed by atoms with Crippen LogP contribution in [0, 0.1) is 6.92 Å². The maximum atomic E-state index is 5.84. The van der Waals surface area contributed by atoms with Gasteiger partial charge in [-0.05, 0) is 37.1 Å². The van der Waals surface area contributed by atoms with Crippen LogP contribution >= 0.6 is 22.9 Å². The zero-order valence-corrected chi connectivity index (χ0v) is 18.0. The summed E-state index contributed by atoms with van der Waals surface area (Å²) in [6.07, 6.45) is 2.68. The number of ether oxygens (including phenoxy) is 1. The first-order valence-corrected chi connectivity index (χ1v) is 10.8. The maximum absolute atomic E-state index is 5.84. The molecule has 0 radical (unpaired) electrons. The molecule has 0 bridgehead atoms. The van der Waals surface area contributed by atoms with Gasteiger partial charge in [-0.25, -0.2) is 4.98 Å². The second kappa shape index (κ2) is 10.8. The number of aromatic nitrogens is 1. The zero-order chi connectivity index (χ0) is 19.8. The highest BCUT2D eigenvalue weighted by atomic mass is 35.5. The number of morpholine rings is 1. The van der Waals surface area contributed by atoms with Crippen molar-refractivity contribution in [2.45, 2.75) is 19.4 Å². The molecule has 2 N–H and O–H groups in total. The number of pyridine rings is 1. The molecule has 2 aromatic heterocycles. The van der Waals surface area contributed by atoms with E-state index in [4.69, 9.17) is 16.3 Å². The molecule has 1 aliphatic rings. The number of halogens is 1. The van der Waals surface area contributed by atoms with Crippen molar-refractivity contribution >= 4 is 28.9 Å². The molecule has 1 atom stereocenters. The first kappa shape index (κ1) is 21.0. The van der Waals surface area contributed by atoms with Crippen molar-refractivity contribution in [1.29, 1.82) is 0 Å². The number of hydrogen-bond acceptors (Lipinski definition) is 5. The monoisotopic (exact) mass is 421 g/mol. The Morgan fingerprint density at radius 3 is 2.75 bits per heavy atom. The van der Waals surface area contributed by atoms with Gasteiger partial charge in [-0.2, -0.15) is 0 Å². The minimum atomic E-state index is 0.321. The summed E-state index contributed by atoms with van der Waals surface area (Å²) >= 11 is 7.70. The fourth-order valence-electron chi connectivity index (χ4n) is 3.22. The fraction of sp³-hybridized carbons (Fsp3) is 0.500. The summed E-state index contributed by atoms with van der Waals surface area (Å²) in [6.45, 7) is 7.25. The van der Waals surface area contributed by atoms with Crippen molar-refractivity contribution in [2.24, 2.45) is 4.99 Å². The van der Waals surface area contributed by atoms with E-state index >= 15 is 0 Å². The van der Waals surface area contributed by atoms with E-state index in [1.165, 1.54) is 9.75 Å². The normalized spacial score (nSPS) is 16.8. The van der Waals surface area contributed by atoms with Crippen LogP contribution in [0.1, 0.15) is 21.4 Å². The molecule has 8 heteroatoms. The highest BCUT2D eigenvalue weighted by Gasteiger charge is 2.24.